The van der Waals surface area contributed by atoms with E-state index in [9.17, 15) is 4.79 Å². The topological polar surface area (TPSA) is 57.5 Å². The normalized spacial score (nSPS) is 17.9. The molecule has 3 aliphatic heterocycles. The van der Waals surface area contributed by atoms with Gasteiger partial charge in [0.05, 0.1) is 17.9 Å². The summed E-state index contributed by atoms with van der Waals surface area (Å²) in [5, 5.41) is 8.93. The predicted molar refractivity (Wildman–Crippen MR) is 138 cm³/mol. The van der Waals surface area contributed by atoms with Gasteiger partial charge in [-0.25, -0.2) is 0 Å². The van der Waals surface area contributed by atoms with Gasteiger partial charge in [-0.1, -0.05) is 42.4 Å². The fourth-order valence-corrected chi connectivity index (χ4v) is 6.50. The minimum absolute atomic E-state index is 0.245. The van der Waals surface area contributed by atoms with Crippen molar-refractivity contribution in [1.82, 2.24) is 24.6 Å². The molecule has 0 N–H and O–H groups in total. The third-order valence-electron chi connectivity index (χ3n) is 7.36. The number of anilines is 2. The predicted octanol–water partition coefficient (Wildman–Crippen LogP) is 4.34. The van der Waals surface area contributed by atoms with Crippen molar-refractivity contribution >= 4 is 29.0 Å². The number of carbonyl (C=O) groups excluding carboxylic acids is 1. The third-order valence-corrected chi connectivity index (χ3v) is 8.49. The Balaban J connectivity index is 1.06. The summed E-state index contributed by atoms with van der Waals surface area (Å²) in [4.78, 5) is 22.4. The monoisotopic (exact) mass is 488 g/mol. The zero-order valence-corrected chi connectivity index (χ0v) is 20.9. The smallest absolute Gasteiger partial charge is 0.224 e. The average molecular weight is 489 g/mol. The van der Waals surface area contributed by atoms with Crippen molar-refractivity contribution in [3.8, 4) is 0 Å². The fraction of sp³-hybridized carbons (Fsp3) is 0.444. The van der Waals surface area contributed by atoms with Crippen LogP contribution in [0, 0.1) is 0 Å². The van der Waals surface area contributed by atoms with Crippen LogP contribution >= 0.6 is 11.8 Å². The van der Waals surface area contributed by atoms with Gasteiger partial charge in [0.1, 0.15) is 11.6 Å². The summed E-state index contributed by atoms with van der Waals surface area (Å²) in [5.74, 6) is 2.47. The Labute approximate surface area is 211 Å². The lowest BCUT2D eigenvalue weighted by atomic mass is 10.2. The highest BCUT2D eigenvalue weighted by Crippen LogP contribution is 2.47. The molecule has 0 saturated carbocycles. The van der Waals surface area contributed by atoms with Gasteiger partial charge in [-0.15, -0.1) is 10.2 Å². The second-order valence-electron chi connectivity index (χ2n) is 9.59. The van der Waals surface area contributed by atoms with E-state index in [1.807, 2.05) is 4.90 Å². The lowest BCUT2D eigenvalue weighted by molar-refractivity contribution is -0.132. The number of benzene rings is 2. The third kappa shape index (κ3) is 4.69. The summed E-state index contributed by atoms with van der Waals surface area (Å²) in [6.07, 6.45) is 5.26. The summed E-state index contributed by atoms with van der Waals surface area (Å²) < 4.78 is 2.33. The van der Waals surface area contributed by atoms with Crippen molar-refractivity contribution in [2.75, 3.05) is 37.6 Å². The standard InChI is InChI=1S/C27H32N6OS/c34-27(13-15-32-21-8-3-5-10-23(21)35-24-11-6-4-9-22(24)32)31-18-16-30(17-19-31)20-26-29-28-25-12-2-1-7-14-33(25)26/h3-6,8-11H,1-2,7,12-20H2. The summed E-state index contributed by atoms with van der Waals surface area (Å²) in [7, 11) is 0. The highest BCUT2D eigenvalue weighted by molar-refractivity contribution is 7.99. The molecule has 1 fully saturated rings. The van der Waals surface area contributed by atoms with Crippen molar-refractivity contribution in [3.05, 3.63) is 60.2 Å². The molecule has 0 atom stereocenters. The first kappa shape index (κ1) is 22.6. The van der Waals surface area contributed by atoms with Gasteiger partial charge in [-0.3, -0.25) is 9.69 Å². The highest BCUT2D eigenvalue weighted by Gasteiger charge is 2.26. The van der Waals surface area contributed by atoms with Crippen LogP contribution < -0.4 is 4.90 Å². The van der Waals surface area contributed by atoms with Gasteiger partial charge in [0.15, 0.2) is 0 Å². The van der Waals surface area contributed by atoms with Crippen LogP contribution in [-0.4, -0.2) is 63.2 Å². The van der Waals surface area contributed by atoms with Gasteiger partial charge in [-0.2, -0.15) is 0 Å². The molecule has 7 nitrogen and oxygen atoms in total. The fourth-order valence-electron chi connectivity index (χ4n) is 5.41. The Morgan fingerprint density at radius 1 is 0.829 bits per heavy atom. The van der Waals surface area contributed by atoms with E-state index in [4.69, 9.17) is 0 Å². The minimum Gasteiger partial charge on any atom is -0.340 e. The van der Waals surface area contributed by atoms with E-state index in [1.54, 1.807) is 11.8 Å². The number of rotatable bonds is 5. The largest absolute Gasteiger partial charge is 0.340 e. The number of hydrogen-bond donors (Lipinski definition) is 0. The SMILES string of the molecule is O=C(CCN1c2ccccc2Sc2ccccc21)N1CCN(Cc2nnc3n2CCCCC3)CC1. The van der Waals surface area contributed by atoms with Crippen LogP contribution in [0.1, 0.15) is 37.3 Å². The van der Waals surface area contributed by atoms with Crippen molar-refractivity contribution in [2.45, 2.75) is 55.0 Å². The molecule has 0 radical (unpaired) electrons. The van der Waals surface area contributed by atoms with E-state index in [1.165, 1.54) is 40.4 Å². The highest BCUT2D eigenvalue weighted by atomic mass is 32.2. The number of fused-ring (bicyclic) bond motifs is 3. The molecule has 0 aliphatic carbocycles. The summed E-state index contributed by atoms with van der Waals surface area (Å²) in [5.41, 5.74) is 2.39. The van der Waals surface area contributed by atoms with E-state index in [-0.39, 0.29) is 5.91 Å². The summed E-state index contributed by atoms with van der Waals surface area (Å²) in [6, 6.07) is 17.0. The second kappa shape index (κ2) is 10.0. The molecule has 8 heteroatoms. The molecule has 1 aromatic heterocycles. The maximum absolute atomic E-state index is 13.2. The minimum atomic E-state index is 0.245. The molecule has 6 rings (SSSR count). The van der Waals surface area contributed by atoms with Crippen LogP contribution in [0.2, 0.25) is 0 Å². The maximum atomic E-state index is 13.2. The Morgan fingerprint density at radius 3 is 2.29 bits per heavy atom. The molecule has 0 spiro atoms. The van der Waals surface area contributed by atoms with Crippen molar-refractivity contribution in [3.63, 3.8) is 0 Å². The van der Waals surface area contributed by atoms with E-state index in [2.05, 4.69) is 73.1 Å². The number of para-hydroxylation sites is 2. The number of hydrogen-bond acceptors (Lipinski definition) is 6. The van der Waals surface area contributed by atoms with Crippen molar-refractivity contribution in [2.24, 2.45) is 0 Å². The number of aryl methyl sites for hydroxylation is 1. The lowest BCUT2D eigenvalue weighted by Gasteiger charge is -2.36. The van der Waals surface area contributed by atoms with Gasteiger partial charge >= 0.3 is 0 Å². The van der Waals surface area contributed by atoms with Crippen molar-refractivity contribution < 1.29 is 4.79 Å². The van der Waals surface area contributed by atoms with Gasteiger partial charge < -0.3 is 14.4 Å². The van der Waals surface area contributed by atoms with Gasteiger partial charge in [0, 0.05) is 61.9 Å². The van der Waals surface area contributed by atoms with E-state index in [0.29, 0.717) is 13.0 Å². The molecule has 4 heterocycles. The number of aromatic nitrogens is 3. The Bertz CT molecular complexity index is 1160. The van der Waals surface area contributed by atoms with Crippen LogP contribution in [0.15, 0.2) is 58.3 Å². The number of nitrogens with zero attached hydrogens (tertiary/aromatic N) is 6. The van der Waals surface area contributed by atoms with E-state index >= 15 is 0 Å². The molecule has 182 valence electrons. The van der Waals surface area contributed by atoms with Crippen LogP contribution in [0.5, 0.6) is 0 Å². The number of carbonyl (C=O) groups is 1. The first-order valence-electron chi connectivity index (χ1n) is 12.8. The average Bonchev–Trinajstić information content (AvgIpc) is 3.11. The Morgan fingerprint density at radius 2 is 1.54 bits per heavy atom. The zero-order chi connectivity index (χ0) is 23.6. The molecule has 3 aromatic rings. The van der Waals surface area contributed by atoms with Crippen LogP contribution in [0.25, 0.3) is 0 Å². The number of piperazine rings is 1. The first-order chi connectivity index (χ1) is 17.3. The van der Waals surface area contributed by atoms with Gasteiger partial charge in [-0.05, 0) is 37.1 Å². The molecule has 1 amide bonds. The molecule has 35 heavy (non-hydrogen) atoms. The van der Waals surface area contributed by atoms with Gasteiger partial charge in [0.25, 0.3) is 0 Å². The molecule has 2 aromatic carbocycles. The maximum Gasteiger partial charge on any atom is 0.224 e. The molecule has 3 aliphatic rings. The summed E-state index contributed by atoms with van der Waals surface area (Å²) in [6.45, 7) is 5.90. The van der Waals surface area contributed by atoms with Gasteiger partial charge in [0.2, 0.25) is 5.91 Å². The number of amides is 1. The molecule has 1 saturated heterocycles. The quantitative estimate of drug-likeness (QED) is 0.533. The molecular formula is C27H32N6OS. The molecule has 0 unspecified atom stereocenters. The van der Waals surface area contributed by atoms with E-state index < -0.39 is 0 Å². The molecular weight excluding hydrogens is 456 g/mol. The first-order valence-corrected chi connectivity index (χ1v) is 13.6. The Kier molecular flexibility index (Phi) is 6.48. The lowest BCUT2D eigenvalue weighted by Crippen LogP contribution is -2.49. The van der Waals surface area contributed by atoms with Crippen LogP contribution in [0.4, 0.5) is 11.4 Å². The zero-order valence-electron chi connectivity index (χ0n) is 20.1. The van der Waals surface area contributed by atoms with Crippen LogP contribution in [0.3, 0.4) is 0 Å². The molecule has 0 bridgehead atoms. The van der Waals surface area contributed by atoms with E-state index in [0.717, 1.165) is 57.3 Å². The summed E-state index contributed by atoms with van der Waals surface area (Å²) >= 11 is 1.81. The second-order valence-corrected chi connectivity index (χ2v) is 10.7. The van der Waals surface area contributed by atoms with Crippen molar-refractivity contribution in [1.29, 1.82) is 0 Å². The Hall–Kier alpha value is -2.84. The van der Waals surface area contributed by atoms with Crippen LogP contribution in [-0.2, 0) is 24.3 Å².